The monoisotopic (exact) mass is 683 g/mol. The van der Waals surface area contributed by atoms with Crippen LogP contribution in [0.3, 0.4) is 0 Å². The highest BCUT2D eigenvalue weighted by Gasteiger charge is 2.34. The maximum atomic E-state index is 12.7. The molecule has 9 heteroatoms. The van der Waals surface area contributed by atoms with E-state index >= 15 is 0 Å². The van der Waals surface area contributed by atoms with Crippen LogP contribution in [0.2, 0.25) is 0 Å². The summed E-state index contributed by atoms with van der Waals surface area (Å²) in [6, 6.07) is -0.112. The smallest absolute Gasteiger partial charge is 0.306 e. The van der Waals surface area contributed by atoms with Crippen molar-refractivity contribution >= 4 is 17.8 Å². The van der Waals surface area contributed by atoms with E-state index < -0.39 is 5.60 Å². The van der Waals surface area contributed by atoms with Gasteiger partial charge >= 0.3 is 5.97 Å². The summed E-state index contributed by atoms with van der Waals surface area (Å²) in [6.07, 6.45) is 22.1. The van der Waals surface area contributed by atoms with Crippen molar-refractivity contribution in [1.29, 1.82) is 0 Å². The number of esters is 1. The van der Waals surface area contributed by atoms with Crippen LogP contribution in [0, 0.1) is 0 Å². The average molecular weight is 683 g/mol. The molecule has 1 aliphatic rings. The average Bonchev–Trinajstić information content (AvgIpc) is 3.04. The fourth-order valence-electron chi connectivity index (χ4n) is 6.15. The summed E-state index contributed by atoms with van der Waals surface area (Å²) in [6.45, 7) is 11.0. The van der Waals surface area contributed by atoms with Gasteiger partial charge in [0.05, 0.1) is 23.9 Å². The van der Waals surface area contributed by atoms with Gasteiger partial charge in [0.2, 0.25) is 11.8 Å². The number of hydrogen-bond acceptors (Lipinski definition) is 7. The lowest BCUT2D eigenvalue weighted by Gasteiger charge is -2.35. The second kappa shape index (κ2) is 26.1. The molecule has 2 N–H and O–H groups in total. The number of carbonyl (C=O) groups excluding carboxylic acids is 3. The number of hydrogen-bond donors (Lipinski definition) is 2. The van der Waals surface area contributed by atoms with Gasteiger partial charge in [-0.15, -0.1) is 0 Å². The molecule has 1 fully saturated rings. The van der Waals surface area contributed by atoms with Gasteiger partial charge in [0.1, 0.15) is 6.10 Å². The summed E-state index contributed by atoms with van der Waals surface area (Å²) in [5.41, 5.74) is -0.789. The van der Waals surface area contributed by atoms with Gasteiger partial charge in [0.25, 0.3) is 0 Å². The molecule has 48 heavy (non-hydrogen) atoms. The predicted octanol–water partition coefficient (Wildman–Crippen LogP) is 8.35. The van der Waals surface area contributed by atoms with Crippen LogP contribution >= 0.6 is 0 Å². The highest BCUT2D eigenvalue weighted by atomic mass is 16.6. The van der Waals surface area contributed by atoms with Gasteiger partial charge in [-0.1, -0.05) is 96.8 Å². The number of carbonyl (C=O) groups is 3. The molecule has 282 valence electrons. The molecular formula is C39H74N2O7. The minimum atomic E-state index is -0.527. The Hall–Kier alpha value is -1.71. The quantitative estimate of drug-likeness (QED) is 0.0602. The van der Waals surface area contributed by atoms with Crippen LogP contribution in [0.1, 0.15) is 176 Å². The number of methoxy groups -OCH3 is 2. The number of amides is 2. The van der Waals surface area contributed by atoms with Crippen LogP contribution in [0.4, 0.5) is 0 Å². The molecule has 0 aromatic rings. The van der Waals surface area contributed by atoms with Gasteiger partial charge in [-0.05, 0) is 53.4 Å². The van der Waals surface area contributed by atoms with E-state index in [9.17, 15) is 14.4 Å². The summed E-state index contributed by atoms with van der Waals surface area (Å²) in [5, 5.41) is 5.92. The van der Waals surface area contributed by atoms with E-state index in [0.717, 1.165) is 25.7 Å². The van der Waals surface area contributed by atoms with E-state index in [-0.39, 0.29) is 54.5 Å². The third-order valence-electron chi connectivity index (χ3n) is 9.71. The van der Waals surface area contributed by atoms with E-state index in [1.165, 1.54) is 83.5 Å². The molecule has 0 aliphatic heterocycles. The molecule has 1 aliphatic carbocycles. The molecule has 0 bridgehead atoms. The summed E-state index contributed by atoms with van der Waals surface area (Å²) in [7, 11) is 3.33. The molecule has 0 spiro atoms. The lowest BCUT2D eigenvalue weighted by atomic mass is 9.90. The molecule has 1 saturated carbocycles. The molecule has 2 amide bonds. The number of ether oxygens (including phenoxy) is 4. The van der Waals surface area contributed by atoms with Crippen LogP contribution in [-0.4, -0.2) is 74.6 Å². The highest BCUT2D eigenvalue weighted by molar-refractivity contribution is 5.83. The molecule has 0 aromatic carbocycles. The lowest BCUT2D eigenvalue weighted by Crippen LogP contribution is -2.47. The fourth-order valence-corrected chi connectivity index (χ4v) is 6.15. The molecular weight excluding hydrogens is 608 g/mol. The van der Waals surface area contributed by atoms with Gasteiger partial charge in [0.15, 0.2) is 0 Å². The van der Waals surface area contributed by atoms with Crippen molar-refractivity contribution in [3.63, 3.8) is 0 Å². The first-order chi connectivity index (χ1) is 22.9. The lowest BCUT2D eigenvalue weighted by molar-refractivity contribution is -0.160. The Kier molecular flexibility index (Phi) is 24.1. The molecule has 0 aromatic heterocycles. The summed E-state index contributed by atoms with van der Waals surface area (Å²) in [4.78, 5) is 37.7. The first-order valence-electron chi connectivity index (χ1n) is 19.4. The van der Waals surface area contributed by atoms with Crippen molar-refractivity contribution in [2.24, 2.45) is 0 Å². The fraction of sp³-hybridized carbons (Fsp3) is 0.923. The normalized spacial score (nSPS) is 18.4. The maximum absolute atomic E-state index is 12.7. The Bertz CT molecular complexity index is 863. The Morgan fingerprint density at radius 1 is 0.667 bits per heavy atom. The first kappa shape index (κ1) is 44.3. The van der Waals surface area contributed by atoms with Crippen molar-refractivity contribution in [2.45, 2.75) is 205 Å². The zero-order valence-electron chi connectivity index (χ0n) is 32.1. The first-order valence-corrected chi connectivity index (χ1v) is 19.4. The van der Waals surface area contributed by atoms with Crippen LogP contribution in [0.5, 0.6) is 0 Å². The second-order valence-electron chi connectivity index (χ2n) is 15.2. The van der Waals surface area contributed by atoms with Crippen LogP contribution in [0.15, 0.2) is 0 Å². The van der Waals surface area contributed by atoms with Gasteiger partial charge in [-0.3, -0.25) is 14.4 Å². The van der Waals surface area contributed by atoms with E-state index in [1.807, 2.05) is 27.7 Å². The molecule has 1 rings (SSSR count). The van der Waals surface area contributed by atoms with Gasteiger partial charge in [-0.25, -0.2) is 0 Å². The molecule has 3 unspecified atom stereocenters. The van der Waals surface area contributed by atoms with Crippen molar-refractivity contribution < 1.29 is 33.3 Å². The standard InChI is InChI=1S/C39H74N2O7/c1-8-9-10-11-12-13-14-15-16-17-18-19-20-21-22-23-37(44)48-34-30-32(24-25-33(34)45-6)41-36(43)27-26-35(42)40-31-39(4,5)47-29-28-38(2,3)46-7/h32-34H,8-31H2,1-7H3,(H,40,42)(H,41,43). The number of rotatable bonds is 29. The van der Waals surface area contributed by atoms with Crippen molar-refractivity contribution in [1.82, 2.24) is 10.6 Å². The summed E-state index contributed by atoms with van der Waals surface area (Å²) >= 11 is 0. The Balaban J connectivity index is 2.19. The van der Waals surface area contributed by atoms with Gasteiger partial charge in [0, 0.05) is 52.5 Å². The van der Waals surface area contributed by atoms with E-state index in [2.05, 4.69) is 17.6 Å². The van der Waals surface area contributed by atoms with E-state index in [0.29, 0.717) is 32.4 Å². The predicted molar refractivity (Wildman–Crippen MR) is 194 cm³/mol. The second-order valence-corrected chi connectivity index (χ2v) is 15.2. The van der Waals surface area contributed by atoms with Crippen molar-refractivity contribution in [3.8, 4) is 0 Å². The molecule has 3 atom stereocenters. The zero-order valence-corrected chi connectivity index (χ0v) is 32.1. The summed E-state index contributed by atoms with van der Waals surface area (Å²) < 4.78 is 22.8. The third kappa shape index (κ3) is 22.8. The minimum Gasteiger partial charge on any atom is -0.460 e. The molecule has 9 nitrogen and oxygen atoms in total. The van der Waals surface area contributed by atoms with Crippen LogP contribution in [0.25, 0.3) is 0 Å². The van der Waals surface area contributed by atoms with E-state index in [1.54, 1.807) is 14.2 Å². The minimum absolute atomic E-state index is 0.100. The van der Waals surface area contributed by atoms with Crippen LogP contribution < -0.4 is 10.6 Å². The third-order valence-corrected chi connectivity index (χ3v) is 9.71. The summed E-state index contributed by atoms with van der Waals surface area (Å²) in [5.74, 6) is -0.548. The Labute approximate surface area is 294 Å². The Morgan fingerprint density at radius 3 is 1.75 bits per heavy atom. The van der Waals surface area contributed by atoms with E-state index in [4.69, 9.17) is 18.9 Å². The Morgan fingerprint density at radius 2 is 1.21 bits per heavy atom. The number of nitrogens with one attached hydrogen (secondary N) is 2. The molecule has 0 saturated heterocycles. The SMILES string of the molecule is CCCCCCCCCCCCCCCCCC(=O)OC1CC(NC(=O)CCC(=O)NCC(C)(C)OCCC(C)(C)OC)CCC1OC. The van der Waals surface area contributed by atoms with Crippen LogP contribution in [-0.2, 0) is 33.3 Å². The van der Waals surface area contributed by atoms with Crippen molar-refractivity contribution in [3.05, 3.63) is 0 Å². The zero-order chi connectivity index (χ0) is 35.7. The number of unbranched alkanes of at least 4 members (excludes halogenated alkanes) is 14. The molecule has 0 radical (unpaired) electrons. The maximum Gasteiger partial charge on any atom is 0.306 e. The molecule has 0 heterocycles. The van der Waals surface area contributed by atoms with Crippen molar-refractivity contribution in [2.75, 3.05) is 27.4 Å². The van der Waals surface area contributed by atoms with Gasteiger partial charge in [-0.2, -0.15) is 0 Å². The largest absolute Gasteiger partial charge is 0.460 e. The van der Waals surface area contributed by atoms with Gasteiger partial charge < -0.3 is 29.6 Å². The topological polar surface area (TPSA) is 112 Å². The highest BCUT2D eigenvalue weighted by Crippen LogP contribution is 2.25.